The van der Waals surface area contributed by atoms with Crippen LogP contribution in [0, 0.1) is 0 Å². The highest BCUT2D eigenvalue weighted by atomic mass is 16.5. The number of benzene rings is 1. The fourth-order valence-electron chi connectivity index (χ4n) is 3.08. The van der Waals surface area contributed by atoms with Crippen LogP contribution in [0.15, 0.2) is 24.3 Å². The molecule has 1 aromatic heterocycles. The summed E-state index contributed by atoms with van der Waals surface area (Å²) in [6.45, 7) is 2.63. The standard InChI is InChI=1S/C17H25N5O/c1-21-9-7-14(8-10-21)22-17(12-18)19-16(20-22)11-13-3-5-15(23-2)6-4-13/h3-6,14H,7-12,18H2,1-2H3. The molecule has 0 radical (unpaired) electrons. The van der Waals surface area contributed by atoms with E-state index in [1.807, 2.05) is 12.1 Å². The van der Waals surface area contributed by atoms with Gasteiger partial charge in [0.15, 0.2) is 5.82 Å². The molecule has 0 atom stereocenters. The molecule has 0 aliphatic carbocycles. The summed E-state index contributed by atoms with van der Waals surface area (Å²) in [6, 6.07) is 8.45. The molecule has 0 unspecified atom stereocenters. The number of methoxy groups -OCH3 is 1. The zero-order valence-electron chi connectivity index (χ0n) is 13.9. The number of likely N-dealkylation sites (tertiary alicyclic amines) is 1. The van der Waals surface area contributed by atoms with Crippen LogP contribution in [0.2, 0.25) is 0 Å². The molecule has 6 nitrogen and oxygen atoms in total. The summed E-state index contributed by atoms with van der Waals surface area (Å²) in [5.41, 5.74) is 7.05. The Kier molecular flexibility index (Phi) is 4.93. The highest BCUT2D eigenvalue weighted by Crippen LogP contribution is 2.23. The van der Waals surface area contributed by atoms with Crippen molar-refractivity contribution in [2.45, 2.75) is 31.8 Å². The predicted octanol–water partition coefficient (Wildman–Crippen LogP) is 1.60. The van der Waals surface area contributed by atoms with Gasteiger partial charge >= 0.3 is 0 Å². The number of piperidine rings is 1. The summed E-state index contributed by atoms with van der Waals surface area (Å²) in [5, 5.41) is 4.74. The molecule has 0 saturated carbocycles. The van der Waals surface area contributed by atoms with Crippen LogP contribution < -0.4 is 10.5 Å². The van der Waals surface area contributed by atoms with Gasteiger partial charge in [0.25, 0.3) is 0 Å². The third-order valence-electron chi connectivity index (χ3n) is 4.48. The predicted molar refractivity (Wildman–Crippen MR) is 89.5 cm³/mol. The molecular formula is C17H25N5O. The molecule has 1 fully saturated rings. The lowest BCUT2D eigenvalue weighted by Crippen LogP contribution is -2.32. The van der Waals surface area contributed by atoms with Gasteiger partial charge < -0.3 is 15.4 Å². The first-order chi connectivity index (χ1) is 11.2. The van der Waals surface area contributed by atoms with Crippen molar-refractivity contribution in [1.29, 1.82) is 0 Å². The van der Waals surface area contributed by atoms with Crippen molar-refractivity contribution in [3.05, 3.63) is 41.5 Å². The monoisotopic (exact) mass is 315 g/mol. The van der Waals surface area contributed by atoms with E-state index in [9.17, 15) is 0 Å². The Morgan fingerprint density at radius 2 is 1.91 bits per heavy atom. The molecule has 2 heterocycles. The zero-order chi connectivity index (χ0) is 16.2. The van der Waals surface area contributed by atoms with E-state index in [4.69, 9.17) is 15.6 Å². The van der Waals surface area contributed by atoms with E-state index < -0.39 is 0 Å². The van der Waals surface area contributed by atoms with Gasteiger partial charge in [-0.2, -0.15) is 5.10 Å². The largest absolute Gasteiger partial charge is 0.497 e. The molecule has 2 N–H and O–H groups in total. The van der Waals surface area contributed by atoms with Gasteiger partial charge in [-0.3, -0.25) is 0 Å². The summed E-state index contributed by atoms with van der Waals surface area (Å²) in [4.78, 5) is 7.00. The Hall–Kier alpha value is -1.92. The summed E-state index contributed by atoms with van der Waals surface area (Å²) < 4.78 is 7.25. The first-order valence-corrected chi connectivity index (χ1v) is 8.15. The first kappa shape index (κ1) is 16.0. The van der Waals surface area contributed by atoms with Crippen molar-refractivity contribution in [3.63, 3.8) is 0 Å². The van der Waals surface area contributed by atoms with E-state index in [1.54, 1.807) is 7.11 Å². The van der Waals surface area contributed by atoms with Gasteiger partial charge in [0.1, 0.15) is 11.6 Å². The van der Waals surface area contributed by atoms with E-state index in [-0.39, 0.29) is 0 Å². The Morgan fingerprint density at radius 1 is 1.22 bits per heavy atom. The molecule has 2 aromatic rings. The Morgan fingerprint density at radius 3 is 2.52 bits per heavy atom. The maximum atomic E-state index is 5.88. The van der Waals surface area contributed by atoms with Crippen molar-refractivity contribution < 1.29 is 4.74 Å². The fourth-order valence-corrected chi connectivity index (χ4v) is 3.08. The third kappa shape index (κ3) is 3.71. The van der Waals surface area contributed by atoms with Crippen LogP contribution in [0.5, 0.6) is 5.75 Å². The van der Waals surface area contributed by atoms with Crippen molar-refractivity contribution in [1.82, 2.24) is 19.7 Å². The maximum Gasteiger partial charge on any atom is 0.155 e. The number of rotatable bonds is 5. The number of nitrogens with two attached hydrogens (primary N) is 1. The molecule has 124 valence electrons. The molecule has 1 aromatic carbocycles. The Labute approximate surface area is 137 Å². The van der Waals surface area contributed by atoms with Gasteiger partial charge in [0, 0.05) is 6.42 Å². The molecule has 23 heavy (non-hydrogen) atoms. The van der Waals surface area contributed by atoms with Crippen molar-refractivity contribution in [2.24, 2.45) is 5.73 Å². The normalized spacial score (nSPS) is 16.7. The topological polar surface area (TPSA) is 69.2 Å². The Bertz CT molecular complexity index is 629. The molecule has 1 aliphatic heterocycles. The van der Waals surface area contributed by atoms with Crippen LogP contribution in [-0.4, -0.2) is 46.9 Å². The lowest BCUT2D eigenvalue weighted by molar-refractivity contribution is 0.209. The smallest absolute Gasteiger partial charge is 0.155 e. The molecule has 3 rings (SSSR count). The first-order valence-electron chi connectivity index (χ1n) is 8.15. The summed E-state index contributed by atoms with van der Waals surface area (Å²) in [6.07, 6.45) is 2.93. The number of nitrogens with zero attached hydrogens (tertiary/aromatic N) is 4. The molecule has 1 saturated heterocycles. The van der Waals surface area contributed by atoms with Crippen LogP contribution in [0.25, 0.3) is 0 Å². The highest BCUT2D eigenvalue weighted by Gasteiger charge is 2.22. The SMILES string of the molecule is COc1ccc(Cc2nc(CN)n(C3CCN(C)CC3)n2)cc1. The molecule has 6 heteroatoms. The summed E-state index contributed by atoms with van der Waals surface area (Å²) >= 11 is 0. The summed E-state index contributed by atoms with van der Waals surface area (Å²) in [5.74, 6) is 2.60. The fraction of sp³-hybridized carbons (Fsp3) is 0.529. The van der Waals surface area contributed by atoms with E-state index in [1.165, 1.54) is 5.56 Å². The van der Waals surface area contributed by atoms with Gasteiger partial charge in [-0.15, -0.1) is 0 Å². The van der Waals surface area contributed by atoms with Crippen molar-refractivity contribution in [2.75, 3.05) is 27.2 Å². The third-order valence-corrected chi connectivity index (χ3v) is 4.48. The quantitative estimate of drug-likeness (QED) is 0.907. The number of ether oxygens (including phenoxy) is 1. The second-order valence-corrected chi connectivity index (χ2v) is 6.15. The average Bonchev–Trinajstić information content (AvgIpc) is 2.99. The lowest BCUT2D eigenvalue weighted by Gasteiger charge is -2.29. The van der Waals surface area contributed by atoms with E-state index in [0.29, 0.717) is 12.6 Å². The molecule has 0 spiro atoms. The minimum Gasteiger partial charge on any atom is -0.497 e. The van der Waals surface area contributed by atoms with Gasteiger partial charge in [-0.05, 0) is 50.7 Å². The second-order valence-electron chi connectivity index (χ2n) is 6.15. The van der Waals surface area contributed by atoms with Crippen LogP contribution >= 0.6 is 0 Å². The number of aromatic nitrogens is 3. The zero-order valence-corrected chi connectivity index (χ0v) is 13.9. The van der Waals surface area contributed by atoms with Gasteiger partial charge in [0.2, 0.25) is 0 Å². The van der Waals surface area contributed by atoms with Crippen molar-refractivity contribution in [3.8, 4) is 5.75 Å². The van der Waals surface area contributed by atoms with Crippen LogP contribution in [0.1, 0.15) is 36.1 Å². The van der Waals surface area contributed by atoms with Gasteiger partial charge in [-0.1, -0.05) is 12.1 Å². The second kappa shape index (κ2) is 7.10. The molecule has 0 bridgehead atoms. The van der Waals surface area contributed by atoms with Crippen LogP contribution in [-0.2, 0) is 13.0 Å². The Balaban J connectivity index is 1.75. The number of hydrogen-bond donors (Lipinski definition) is 1. The van der Waals surface area contributed by atoms with Crippen LogP contribution in [0.4, 0.5) is 0 Å². The molecule has 1 aliphatic rings. The van der Waals surface area contributed by atoms with Gasteiger partial charge in [0.05, 0.1) is 19.7 Å². The average molecular weight is 315 g/mol. The summed E-state index contributed by atoms with van der Waals surface area (Å²) in [7, 11) is 3.84. The van der Waals surface area contributed by atoms with E-state index in [0.717, 1.165) is 49.8 Å². The number of hydrogen-bond acceptors (Lipinski definition) is 5. The molecular weight excluding hydrogens is 290 g/mol. The lowest BCUT2D eigenvalue weighted by atomic mass is 10.1. The molecule has 0 amide bonds. The van der Waals surface area contributed by atoms with Gasteiger partial charge in [-0.25, -0.2) is 9.67 Å². The highest BCUT2D eigenvalue weighted by molar-refractivity contribution is 5.28. The van der Waals surface area contributed by atoms with E-state index in [2.05, 4.69) is 33.7 Å². The minimum atomic E-state index is 0.418. The van der Waals surface area contributed by atoms with E-state index >= 15 is 0 Å². The minimum absolute atomic E-state index is 0.418. The maximum absolute atomic E-state index is 5.88. The van der Waals surface area contributed by atoms with Crippen molar-refractivity contribution >= 4 is 0 Å². The van der Waals surface area contributed by atoms with Crippen LogP contribution in [0.3, 0.4) is 0 Å².